The smallest absolute Gasteiger partial charge is 0.147 e. The second-order valence-electron chi connectivity index (χ2n) is 4.07. The lowest BCUT2D eigenvalue weighted by molar-refractivity contribution is 0.600. The Balaban J connectivity index is 2.56. The topological polar surface area (TPSA) is 70.0 Å². The van der Waals surface area contributed by atoms with Crippen molar-refractivity contribution in [1.29, 1.82) is 5.26 Å². The maximum Gasteiger partial charge on any atom is 0.147 e. The SMILES string of the molecule is Cc1ccc(NCCCS(C)(=O)=O)c(C#N)c1. The van der Waals surface area contributed by atoms with Crippen molar-refractivity contribution in [2.45, 2.75) is 13.3 Å². The molecule has 1 N–H and O–H groups in total. The van der Waals surface area contributed by atoms with Crippen LogP contribution in [0.5, 0.6) is 0 Å². The second kappa shape index (κ2) is 5.69. The van der Waals surface area contributed by atoms with Crippen molar-refractivity contribution < 1.29 is 8.42 Å². The lowest BCUT2D eigenvalue weighted by atomic mass is 10.1. The van der Waals surface area contributed by atoms with Gasteiger partial charge >= 0.3 is 0 Å². The number of nitrogens with zero attached hydrogens (tertiary/aromatic N) is 1. The molecule has 0 saturated carbocycles. The second-order valence-corrected chi connectivity index (χ2v) is 6.33. The summed E-state index contributed by atoms with van der Waals surface area (Å²) < 4.78 is 21.9. The molecule has 0 aliphatic heterocycles. The summed E-state index contributed by atoms with van der Waals surface area (Å²) in [4.78, 5) is 0. The molecule has 0 radical (unpaired) electrons. The number of rotatable bonds is 5. The van der Waals surface area contributed by atoms with E-state index in [1.54, 1.807) is 6.07 Å². The molecule has 0 heterocycles. The number of nitrogens with one attached hydrogen (secondary N) is 1. The highest BCUT2D eigenvalue weighted by Crippen LogP contribution is 2.16. The van der Waals surface area contributed by atoms with E-state index in [1.807, 2.05) is 19.1 Å². The zero-order valence-corrected chi connectivity index (χ0v) is 10.8. The van der Waals surface area contributed by atoms with E-state index in [9.17, 15) is 8.42 Å². The molecular weight excluding hydrogens is 236 g/mol. The first-order chi connectivity index (χ1) is 7.92. The van der Waals surface area contributed by atoms with Crippen LogP contribution in [0.3, 0.4) is 0 Å². The third-order valence-electron chi connectivity index (χ3n) is 2.30. The highest BCUT2D eigenvalue weighted by atomic mass is 32.2. The van der Waals surface area contributed by atoms with Crippen molar-refractivity contribution in [2.75, 3.05) is 23.9 Å². The van der Waals surface area contributed by atoms with Gasteiger partial charge in [0, 0.05) is 12.8 Å². The van der Waals surface area contributed by atoms with E-state index in [0.29, 0.717) is 18.5 Å². The molecule has 0 spiro atoms. The van der Waals surface area contributed by atoms with Crippen LogP contribution < -0.4 is 5.32 Å². The van der Waals surface area contributed by atoms with Crippen LogP contribution in [0.25, 0.3) is 0 Å². The minimum atomic E-state index is -2.91. The molecule has 0 atom stereocenters. The van der Waals surface area contributed by atoms with E-state index in [0.717, 1.165) is 11.3 Å². The van der Waals surface area contributed by atoms with Gasteiger partial charge in [-0.15, -0.1) is 0 Å². The molecule has 0 aromatic heterocycles. The number of aryl methyl sites for hydroxylation is 1. The van der Waals surface area contributed by atoms with Crippen molar-refractivity contribution in [3.8, 4) is 6.07 Å². The molecular formula is C12H16N2O2S. The van der Waals surface area contributed by atoms with Crippen molar-refractivity contribution >= 4 is 15.5 Å². The Morgan fingerprint density at radius 3 is 2.71 bits per heavy atom. The summed E-state index contributed by atoms with van der Waals surface area (Å²) in [7, 11) is -2.91. The lowest BCUT2D eigenvalue weighted by Crippen LogP contribution is -2.10. The number of anilines is 1. The Morgan fingerprint density at radius 1 is 1.41 bits per heavy atom. The van der Waals surface area contributed by atoms with Crippen LogP contribution in [0.1, 0.15) is 17.5 Å². The molecule has 0 fully saturated rings. The van der Waals surface area contributed by atoms with Crippen LogP contribution in [0, 0.1) is 18.3 Å². The van der Waals surface area contributed by atoms with Gasteiger partial charge in [0.2, 0.25) is 0 Å². The van der Waals surface area contributed by atoms with Crippen LogP contribution in [0.2, 0.25) is 0 Å². The van der Waals surface area contributed by atoms with E-state index in [2.05, 4.69) is 11.4 Å². The molecule has 5 heteroatoms. The fraction of sp³-hybridized carbons (Fsp3) is 0.417. The molecule has 1 rings (SSSR count). The first-order valence-electron chi connectivity index (χ1n) is 5.35. The minimum absolute atomic E-state index is 0.160. The highest BCUT2D eigenvalue weighted by molar-refractivity contribution is 7.90. The van der Waals surface area contributed by atoms with Crippen molar-refractivity contribution in [3.05, 3.63) is 29.3 Å². The normalized spacial score (nSPS) is 10.9. The van der Waals surface area contributed by atoms with Gasteiger partial charge in [-0.3, -0.25) is 0 Å². The lowest BCUT2D eigenvalue weighted by Gasteiger charge is -2.08. The van der Waals surface area contributed by atoms with Gasteiger partial charge in [-0.05, 0) is 31.0 Å². The van der Waals surface area contributed by atoms with Crippen molar-refractivity contribution in [2.24, 2.45) is 0 Å². The van der Waals surface area contributed by atoms with Gasteiger partial charge in [-0.25, -0.2) is 8.42 Å². The van der Waals surface area contributed by atoms with Crippen LogP contribution in [-0.4, -0.2) is 27.0 Å². The molecule has 0 saturated heterocycles. The maximum absolute atomic E-state index is 10.9. The molecule has 17 heavy (non-hydrogen) atoms. The molecule has 92 valence electrons. The molecule has 0 aliphatic rings. The van der Waals surface area contributed by atoms with E-state index in [-0.39, 0.29) is 5.75 Å². The maximum atomic E-state index is 10.9. The number of hydrogen-bond acceptors (Lipinski definition) is 4. The van der Waals surface area contributed by atoms with Gasteiger partial charge in [0.15, 0.2) is 0 Å². The number of hydrogen-bond donors (Lipinski definition) is 1. The minimum Gasteiger partial charge on any atom is -0.384 e. The summed E-state index contributed by atoms with van der Waals surface area (Å²) in [5.74, 6) is 0.160. The third-order valence-corrected chi connectivity index (χ3v) is 3.33. The fourth-order valence-electron chi connectivity index (χ4n) is 1.46. The fourth-order valence-corrected chi connectivity index (χ4v) is 2.13. The molecule has 1 aromatic rings. The largest absolute Gasteiger partial charge is 0.384 e. The number of nitriles is 1. The van der Waals surface area contributed by atoms with Gasteiger partial charge in [-0.1, -0.05) is 6.07 Å². The summed E-state index contributed by atoms with van der Waals surface area (Å²) in [6.45, 7) is 2.47. The third kappa shape index (κ3) is 4.87. The zero-order chi connectivity index (χ0) is 12.9. The van der Waals surface area contributed by atoms with Gasteiger partial charge in [0.1, 0.15) is 15.9 Å². The predicted molar refractivity (Wildman–Crippen MR) is 68.7 cm³/mol. The molecule has 0 bridgehead atoms. The first-order valence-corrected chi connectivity index (χ1v) is 7.41. The molecule has 1 aromatic carbocycles. The van der Waals surface area contributed by atoms with Crippen LogP contribution >= 0.6 is 0 Å². The van der Waals surface area contributed by atoms with Crippen molar-refractivity contribution in [3.63, 3.8) is 0 Å². The van der Waals surface area contributed by atoms with E-state index >= 15 is 0 Å². The predicted octanol–water partition coefficient (Wildman–Crippen LogP) is 1.71. The number of sulfone groups is 1. The summed E-state index contributed by atoms with van der Waals surface area (Å²) in [6.07, 6.45) is 1.76. The summed E-state index contributed by atoms with van der Waals surface area (Å²) in [6, 6.07) is 7.68. The average Bonchev–Trinajstić information content (AvgIpc) is 2.24. The zero-order valence-electron chi connectivity index (χ0n) is 10.0. The van der Waals surface area contributed by atoms with E-state index in [1.165, 1.54) is 6.26 Å². The molecule has 0 unspecified atom stereocenters. The van der Waals surface area contributed by atoms with E-state index in [4.69, 9.17) is 5.26 Å². The Morgan fingerprint density at radius 2 is 2.12 bits per heavy atom. The summed E-state index contributed by atoms with van der Waals surface area (Å²) >= 11 is 0. The highest BCUT2D eigenvalue weighted by Gasteiger charge is 2.03. The number of benzene rings is 1. The molecule has 4 nitrogen and oxygen atoms in total. The summed E-state index contributed by atoms with van der Waals surface area (Å²) in [5.41, 5.74) is 2.37. The molecule has 0 aliphatic carbocycles. The summed E-state index contributed by atoms with van der Waals surface area (Å²) in [5, 5.41) is 12.0. The van der Waals surface area contributed by atoms with Crippen molar-refractivity contribution in [1.82, 2.24) is 0 Å². The Hall–Kier alpha value is -1.54. The van der Waals surface area contributed by atoms with Crippen LogP contribution in [-0.2, 0) is 9.84 Å². The standard InChI is InChI=1S/C12H16N2O2S/c1-10-4-5-12(11(8-10)9-13)14-6-3-7-17(2,15)16/h4-5,8,14H,3,6-7H2,1-2H3. The first kappa shape index (κ1) is 13.5. The van der Waals surface area contributed by atoms with Crippen LogP contribution in [0.15, 0.2) is 18.2 Å². The Labute approximate surface area is 102 Å². The van der Waals surface area contributed by atoms with Gasteiger partial charge < -0.3 is 5.32 Å². The van der Waals surface area contributed by atoms with E-state index < -0.39 is 9.84 Å². The Bertz CT molecular complexity index is 530. The molecule has 0 amide bonds. The van der Waals surface area contributed by atoms with Gasteiger partial charge in [0.05, 0.1) is 17.0 Å². The quantitative estimate of drug-likeness (QED) is 0.810. The van der Waals surface area contributed by atoms with Crippen LogP contribution in [0.4, 0.5) is 5.69 Å². The Kier molecular flexibility index (Phi) is 4.53. The average molecular weight is 252 g/mol. The monoisotopic (exact) mass is 252 g/mol. The van der Waals surface area contributed by atoms with Gasteiger partial charge in [0.25, 0.3) is 0 Å². The van der Waals surface area contributed by atoms with Gasteiger partial charge in [-0.2, -0.15) is 5.26 Å².